The van der Waals surface area contributed by atoms with Crippen LogP contribution in [-0.2, 0) is 19.1 Å². The summed E-state index contributed by atoms with van der Waals surface area (Å²) in [5.41, 5.74) is 0.976. The Labute approximate surface area is 221 Å². The van der Waals surface area contributed by atoms with Crippen molar-refractivity contribution in [1.82, 2.24) is 9.97 Å². The topological polar surface area (TPSA) is 108 Å². The van der Waals surface area contributed by atoms with Crippen LogP contribution < -0.4 is 9.64 Å². The van der Waals surface area contributed by atoms with E-state index in [0.717, 1.165) is 23.5 Å². The number of thioether (sulfide) groups is 2. The first kappa shape index (κ1) is 25.9. The lowest BCUT2D eigenvalue weighted by Gasteiger charge is -2.45. The van der Waals surface area contributed by atoms with Crippen molar-refractivity contribution >= 4 is 69.7 Å². The summed E-state index contributed by atoms with van der Waals surface area (Å²) < 4.78 is 15.8. The number of hydrogen-bond acceptors (Lipinski definition) is 11. The summed E-state index contributed by atoms with van der Waals surface area (Å²) in [7, 11) is 4.02. The van der Waals surface area contributed by atoms with Gasteiger partial charge in [0.15, 0.2) is 0 Å². The molecule has 2 aliphatic rings. The third-order valence-corrected chi connectivity index (χ3v) is 8.85. The molecule has 9 nitrogen and oxygen atoms in total. The Kier molecular flexibility index (Phi) is 7.21. The summed E-state index contributed by atoms with van der Waals surface area (Å²) >= 11 is 8.13. The fraction of sp³-hybridized carbons (Fsp3) is 0.250. The zero-order chi connectivity index (χ0) is 26.2. The predicted molar refractivity (Wildman–Crippen MR) is 142 cm³/mol. The molecule has 0 fully saturated rings. The predicted octanol–water partition coefficient (Wildman–Crippen LogP) is 4.00. The van der Waals surface area contributed by atoms with Gasteiger partial charge in [0.05, 0.1) is 47.9 Å². The van der Waals surface area contributed by atoms with E-state index in [2.05, 4.69) is 9.97 Å². The number of rotatable bonds is 4. The van der Waals surface area contributed by atoms with Gasteiger partial charge in [-0.3, -0.25) is 14.7 Å². The lowest BCUT2D eigenvalue weighted by Crippen LogP contribution is -2.56. The van der Waals surface area contributed by atoms with Crippen LogP contribution in [0.4, 0.5) is 5.69 Å². The maximum absolute atomic E-state index is 13.7. The van der Waals surface area contributed by atoms with Crippen molar-refractivity contribution in [1.29, 1.82) is 0 Å². The standard InChI is InChI=1S/C24H21N3O6S3/c1-24(2)19(34)16(23-35-17(21(29)32-4)18(36-23)22(30)33-5)13-7-6-12(31-3)10-15(13)27(24)20(28)14-11-25-8-9-26-14/h6-11H,1-5H3. The van der Waals surface area contributed by atoms with Gasteiger partial charge in [-0.15, -0.1) is 0 Å². The molecule has 0 saturated carbocycles. The molecular weight excluding hydrogens is 522 g/mol. The molecule has 0 radical (unpaired) electrons. The van der Waals surface area contributed by atoms with E-state index in [1.54, 1.807) is 23.1 Å². The zero-order valence-electron chi connectivity index (χ0n) is 20.0. The van der Waals surface area contributed by atoms with Crippen LogP contribution in [0.5, 0.6) is 5.75 Å². The van der Waals surface area contributed by atoms with Gasteiger partial charge in [0.2, 0.25) is 0 Å². The number of anilines is 1. The number of hydrogen-bond donors (Lipinski definition) is 0. The van der Waals surface area contributed by atoms with Gasteiger partial charge in [-0.2, -0.15) is 0 Å². The minimum Gasteiger partial charge on any atom is -0.497 e. The molecule has 0 atom stereocenters. The van der Waals surface area contributed by atoms with Crippen LogP contribution >= 0.6 is 35.7 Å². The van der Waals surface area contributed by atoms with E-state index in [-0.39, 0.29) is 21.4 Å². The Morgan fingerprint density at radius 3 is 2.17 bits per heavy atom. The number of esters is 2. The van der Waals surface area contributed by atoms with Gasteiger partial charge in [0.1, 0.15) is 21.3 Å². The minimum atomic E-state index is -0.994. The summed E-state index contributed by atoms with van der Waals surface area (Å²) in [5.74, 6) is -1.16. The highest BCUT2D eigenvalue weighted by Gasteiger charge is 2.46. The second-order valence-electron chi connectivity index (χ2n) is 8.01. The number of aromatic nitrogens is 2. The van der Waals surface area contributed by atoms with Crippen LogP contribution in [0.2, 0.25) is 0 Å². The van der Waals surface area contributed by atoms with Crippen molar-refractivity contribution in [2.75, 3.05) is 26.2 Å². The highest BCUT2D eigenvalue weighted by molar-refractivity contribution is 8.29. The van der Waals surface area contributed by atoms with Gasteiger partial charge in [0, 0.05) is 29.6 Å². The number of carbonyl (C=O) groups excluding carboxylic acids is 3. The normalized spacial score (nSPS) is 16.6. The van der Waals surface area contributed by atoms with Gasteiger partial charge in [0.25, 0.3) is 5.91 Å². The van der Waals surface area contributed by atoms with Crippen molar-refractivity contribution in [2.24, 2.45) is 0 Å². The maximum atomic E-state index is 13.7. The van der Waals surface area contributed by atoms with Gasteiger partial charge in [-0.1, -0.05) is 35.7 Å². The van der Waals surface area contributed by atoms with E-state index < -0.39 is 17.5 Å². The number of benzene rings is 1. The molecule has 0 aliphatic carbocycles. The lowest BCUT2D eigenvalue weighted by molar-refractivity contribution is -0.138. The first-order valence-corrected chi connectivity index (χ1v) is 12.5. The molecule has 36 heavy (non-hydrogen) atoms. The molecule has 2 aliphatic heterocycles. The maximum Gasteiger partial charge on any atom is 0.346 e. The Morgan fingerprint density at radius 2 is 1.64 bits per heavy atom. The van der Waals surface area contributed by atoms with E-state index in [1.807, 2.05) is 13.8 Å². The average molecular weight is 544 g/mol. The Balaban J connectivity index is 1.93. The van der Waals surface area contributed by atoms with E-state index in [0.29, 0.717) is 31.7 Å². The molecule has 0 bridgehead atoms. The van der Waals surface area contributed by atoms with Gasteiger partial charge in [-0.05, 0) is 26.0 Å². The lowest BCUT2D eigenvalue weighted by atomic mass is 9.83. The molecule has 1 aromatic carbocycles. The molecule has 0 N–H and O–H groups in total. The molecule has 12 heteroatoms. The number of ether oxygens (including phenoxy) is 3. The number of carbonyl (C=O) groups is 3. The largest absolute Gasteiger partial charge is 0.497 e. The summed E-state index contributed by atoms with van der Waals surface area (Å²) in [6.07, 6.45) is 4.33. The third kappa shape index (κ3) is 4.29. The quantitative estimate of drug-likeness (QED) is 0.317. The van der Waals surface area contributed by atoms with Gasteiger partial charge >= 0.3 is 11.9 Å². The second-order valence-corrected chi connectivity index (χ2v) is 10.7. The molecule has 186 valence electrons. The molecule has 2 aromatic rings. The van der Waals surface area contributed by atoms with E-state index in [1.165, 1.54) is 39.9 Å². The molecule has 1 amide bonds. The van der Waals surface area contributed by atoms with Gasteiger partial charge < -0.3 is 14.2 Å². The van der Waals surface area contributed by atoms with E-state index in [9.17, 15) is 14.4 Å². The average Bonchev–Trinajstić information content (AvgIpc) is 3.33. The monoisotopic (exact) mass is 543 g/mol. The zero-order valence-corrected chi connectivity index (χ0v) is 22.4. The smallest absolute Gasteiger partial charge is 0.346 e. The Bertz CT molecular complexity index is 1320. The van der Waals surface area contributed by atoms with Crippen LogP contribution in [0, 0.1) is 0 Å². The van der Waals surface area contributed by atoms with Crippen LogP contribution in [-0.4, -0.2) is 59.5 Å². The highest BCUT2D eigenvalue weighted by atomic mass is 32.2. The minimum absolute atomic E-state index is 0.116. The third-order valence-electron chi connectivity index (χ3n) is 5.58. The molecule has 1 aromatic heterocycles. The van der Waals surface area contributed by atoms with Crippen LogP contribution in [0.25, 0.3) is 5.57 Å². The molecule has 4 rings (SSSR count). The number of amides is 1. The highest BCUT2D eigenvalue weighted by Crippen LogP contribution is 2.56. The van der Waals surface area contributed by atoms with E-state index in [4.69, 9.17) is 26.4 Å². The fourth-order valence-electron chi connectivity index (χ4n) is 3.81. The molecular formula is C24H21N3O6S3. The van der Waals surface area contributed by atoms with Crippen molar-refractivity contribution in [3.63, 3.8) is 0 Å². The molecule has 0 spiro atoms. The summed E-state index contributed by atoms with van der Waals surface area (Å²) in [6, 6.07) is 5.29. The Morgan fingerprint density at radius 1 is 1.00 bits per heavy atom. The molecule has 0 saturated heterocycles. The first-order chi connectivity index (χ1) is 17.1. The van der Waals surface area contributed by atoms with Crippen molar-refractivity contribution in [3.8, 4) is 5.75 Å². The summed E-state index contributed by atoms with van der Waals surface area (Å²) in [5, 5.41) is 0. The SMILES string of the molecule is COC(=O)C1=C(C(=O)OC)SC(=C2C(=S)C(C)(C)N(C(=O)c3cnccn3)c3cc(OC)ccc32)S1. The summed E-state index contributed by atoms with van der Waals surface area (Å²) in [4.78, 5) is 49.0. The van der Waals surface area contributed by atoms with Crippen LogP contribution in [0.1, 0.15) is 29.9 Å². The second kappa shape index (κ2) is 10.0. The fourth-order valence-corrected chi connectivity index (χ4v) is 6.84. The molecule has 3 heterocycles. The molecule has 0 unspecified atom stereocenters. The van der Waals surface area contributed by atoms with Gasteiger partial charge in [-0.25, -0.2) is 14.6 Å². The number of methoxy groups -OCH3 is 3. The summed E-state index contributed by atoms with van der Waals surface area (Å²) in [6.45, 7) is 3.65. The van der Waals surface area contributed by atoms with Crippen molar-refractivity contribution in [3.05, 3.63) is 62.1 Å². The number of thiocarbonyl (C=S) groups is 1. The number of nitrogens with zero attached hydrogens (tertiary/aromatic N) is 3. The Hall–Kier alpha value is -3.22. The van der Waals surface area contributed by atoms with Crippen molar-refractivity contribution in [2.45, 2.75) is 19.4 Å². The van der Waals surface area contributed by atoms with Crippen LogP contribution in [0.3, 0.4) is 0 Å². The van der Waals surface area contributed by atoms with E-state index >= 15 is 0 Å². The number of fused-ring (bicyclic) bond motifs is 1. The first-order valence-electron chi connectivity index (χ1n) is 10.5. The van der Waals surface area contributed by atoms with Crippen molar-refractivity contribution < 1.29 is 28.6 Å². The van der Waals surface area contributed by atoms with Crippen LogP contribution in [0.15, 0.2) is 50.8 Å².